The molecule has 0 aromatic heterocycles. The molecule has 5 fully saturated rings. The van der Waals surface area contributed by atoms with Crippen molar-refractivity contribution < 1.29 is 18.4 Å². The quantitative estimate of drug-likeness (QED) is 0.260. The molecule has 240 valence electrons. The lowest BCUT2D eigenvalue weighted by atomic mass is 9.31. The van der Waals surface area contributed by atoms with Crippen LogP contribution in [0.5, 0.6) is 0 Å². The molecule has 3 unspecified atom stereocenters. The summed E-state index contributed by atoms with van der Waals surface area (Å²) < 4.78 is 22.5. The average Bonchev–Trinajstić information content (AvgIpc) is 3.45. The lowest BCUT2D eigenvalue weighted by molar-refractivity contribution is -0.305. The van der Waals surface area contributed by atoms with Gasteiger partial charge in [-0.05, 0) is 109 Å². The van der Waals surface area contributed by atoms with E-state index in [9.17, 15) is 5.11 Å². The third-order valence-corrected chi connectivity index (χ3v) is 28.1. The van der Waals surface area contributed by atoms with Crippen LogP contribution in [0.15, 0.2) is 0 Å². The summed E-state index contributed by atoms with van der Waals surface area (Å²) in [6.45, 7) is 39.8. The Morgan fingerprint density at radius 3 is 1.68 bits per heavy atom. The maximum atomic E-state index is 10.4. The van der Waals surface area contributed by atoms with E-state index in [2.05, 4.69) is 109 Å². The second-order valence-corrected chi connectivity index (χ2v) is 33.9. The zero-order valence-corrected chi connectivity index (χ0v) is 33.0. The van der Waals surface area contributed by atoms with Gasteiger partial charge in [0, 0.05) is 18.6 Å². The summed E-state index contributed by atoms with van der Waals surface area (Å²) in [5.74, 6) is 1.45. The molecular weight excluding hydrogens is 557 g/mol. The highest BCUT2D eigenvalue weighted by Crippen LogP contribution is 2.90. The molecule has 4 nitrogen and oxygen atoms in total. The molecule has 1 N–H and O–H groups in total. The molecule has 0 saturated heterocycles. The van der Waals surface area contributed by atoms with Crippen molar-refractivity contribution in [3.63, 3.8) is 0 Å². The molecule has 0 aliphatic heterocycles. The van der Waals surface area contributed by atoms with Crippen LogP contribution in [0.25, 0.3) is 0 Å². The molecule has 8 atom stereocenters. The standard InChI is InChI=1S/C34H68O4Si3/c1-29(2,3)39(11,12)36-23-26-33(25-20-24(25)22-35)21-28(38-41(15,16)31(7,8)9)34(26)27(18-17-19-32(33,34)10)37-40(13,14)30(4,5)6/h24-28,35H,17-23H2,1-16H3/t24-,25+,26?,27+,28-,32-,33?,34?/m0/s1. The zero-order valence-electron chi connectivity index (χ0n) is 30.0. The number of hydrogen-bond acceptors (Lipinski definition) is 4. The van der Waals surface area contributed by atoms with Gasteiger partial charge in [-0.25, -0.2) is 0 Å². The van der Waals surface area contributed by atoms with Crippen LogP contribution in [0.4, 0.5) is 0 Å². The van der Waals surface area contributed by atoms with Crippen LogP contribution in [0.3, 0.4) is 0 Å². The summed E-state index contributed by atoms with van der Waals surface area (Å²) in [5, 5.41) is 10.9. The molecule has 5 aliphatic carbocycles. The van der Waals surface area contributed by atoms with E-state index in [0.29, 0.717) is 24.4 Å². The van der Waals surface area contributed by atoms with Gasteiger partial charge in [-0.3, -0.25) is 0 Å². The first-order valence-electron chi connectivity index (χ1n) is 16.9. The van der Waals surface area contributed by atoms with E-state index in [1.165, 1.54) is 19.3 Å². The van der Waals surface area contributed by atoms with Gasteiger partial charge < -0.3 is 18.4 Å². The normalized spacial score (nSPS) is 39.9. The van der Waals surface area contributed by atoms with Crippen molar-refractivity contribution in [2.45, 2.75) is 168 Å². The summed E-state index contributed by atoms with van der Waals surface area (Å²) in [6, 6.07) is 0. The third kappa shape index (κ3) is 4.83. The second kappa shape index (κ2) is 9.99. The van der Waals surface area contributed by atoms with Crippen LogP contribution in [0.1, 0.15) is 101 Å². The largest absolute Gasteiger partial charge is 0.417 e. The summed E-state index contributed by atoms with van der Waals surface area (Å²) >= 11 is 0. The Bertz CT molecular complexity index is 989. The zero-order chi connectivity index (χ0) is 31.5. The predicted molar refractivity (Wildman–Crippen MR) is 181 cm³/mol. The minimum absolute atomic E-state index is 0.0265. The van der Waals surface area contributed by atoms with Crippen LogP contribution >= 0.6 is 0 Å². The molecule has 0 amide bonds. The fourth-order valence-electron chi connectivity index (χ4n) is 9.11. The minimum Gasteiger partial charge on any atom is -0.417 e. The van der Waals surface area contributed by atoms with Crippen LogP contribution < -0.4 is 0 Å². The van der Waals surface area contributed by atoms with Crippen molar-refractivity contribution in [2.75, 3.05) is 13.2 Å². The molecule has 0 radical (unpaired) electrons. The maximum Gasteiger partial charge on any atom is 0.192 e. The molecule has 0 heterocycles. The van der Waals surface area contributed by atoms with Gasteiger partial charge in [0.05, 0.1) is 12.2 Å². The predicted octanol–water partition coefficient (Wildman–Crippen LogP) is 9.61. The first-order chi connectivity index (χ1) is 18.3. The van der Waals surface area contributed by atoms with E-state index in [0.717, 1.165) is 19.4 Å². The molecule has 7 heteroatoms. The van der Waals surface area contributed by atoms with Crippen LogP contribution in [-0.4, -0.2) is 55.5 Å². The van der Waals surface area contributed by atoms with Crippen molar-refractivity contribution >= 4 is 25.0 Å². The Balaban J connectivity index is 1.87. The van der Waals surface area contributed by atoms with Crippen LogP contribution in [0, 0.1) is 34.0 Å². The number of hydrogen-bond donors (Lipinski definition) is 1. The first kappa shape index (κ1) is 34.4. The van der Waals surface area contributed by atoms with E-state index in [-0.39, 0.29) is 43.6 Å². The van der Waals surface area contributed by atoms with E-state index >= 15 is 0 Å². The van der Waals surface area contributed by atoms with E-state index in [4.69, 9.17) is 13.3 Å². The number of aliphatic hydroxyl groups excluding tert-OH is 1. The molecule has 1 spiro atoms. The Hall–Kier alpha value is 0.491. The van der Waals surface area contributed by atoms with Gasteiger partial charge in [0.15, 0.2) is 25.0 Å². The fourth-order valence-corrected chi connectivity index (χ4v) is 12.9. The number of rotatable bonds is 9. The van der Waals surface area contributed by atoms with Gasteiger partial charge in [-0.1, -0.05) is 75.7 Å². The molecule has 5 saturated carbocycles. The van der Waals surface area contributed by atoms with E-state index in [1.807, 2.05) is 0 Å². The smallest absolute Gasteiger partial charge is 0.192 e. The molecule has 0 aromatic carbocycles. The molecule has 41 heavy (non-hydrogen) atoms. The van der Waals surface area contributed by atoms with Crippen molar-refractivity contribution in [3.8, 4) is 0 Å². The van der Waals surface area contributed by atoms with Gasteiger partial charge in [0.25, 0.3) is 0 Å². The Labute approximate surface area is 257 Å². The van der Waals surface area contributed by atoms with Crippen molar-refractivity contribution in [2.24, 2.45) is 34.0 Å². The number of fused-ring (bicyclic) bond motifs is 1. The lowest BCUT2D eigenvalue weighted by Crippen LogP contribution is -2.76. The monoisotopic (exact) mass is 624 g/mol. The van der Waals surface area contributed by atoms with E-state index in [1.54, 1.807) is 0 Å². The molecule has 5 rings (SSSR count). The lowest BCUT2D eigenvalue weighted by Gasteiger charge is -2.75. The van der Waals surface area contributed by atoms with Gasteiger partial charge in [-0.2, -0.15) is 0 Å². The summed E-state index contributed by atoms with van der Waals surface area (Å²) in [7, 11) is -6.02. The van der Waals surface area contributed by atoms with Gasteiger partial charge in [0.2, 0.25) is 0 Å². The molecular formula is C34H68O4Si3. The molecule has 2 bridgehead atoms. The molecule has 5 aliphatic rings. The van der Waals surface area contributed by atoms with E-state index < -0.39 is 25.0 Å². The van der Waals surface area contributed by atoms with Crippen molar-refractivity contribution in [1.82, 2.24) is 0 Å². The molecule has 0 aromatic rings. The minimum atomic E-state index is -2.04. The summed E-state index contributed by atoms with van der Waals surface area (Å²) in [6.07, 6.45) is 6.34. The van der Waals surface area contributed by atoms with Crippen LogP contribution in [-0.2, 0) is 13.3 Å². The Morgan fingerprint density at radius 2 is 1.24 bits per heavy atom. The van der Waals surface area contributed by atoms with Crippen molar-refractivity contribution in [3.05, 3.63) is 0 Å². The topological polar surface area (TPSA) is 47.9 Å². The fraction of sp³-hybridized carbons (Fsp3) is 1.00. The van der Waals surface area contributed by atoms with Gasteiger partial charge in [0.1, 0.15) is 0 Å². The number of aliphatic hydroxyl groups is 1. The highest BCUT2D eigenvalue weighted by Gasteiger charge is 2.90. The highest BCUT2D eigenvalue weighted by molar-refractivity contribution is 6.75. The maximum absolute atomic E-state index is 10.4. The van der Waals surface area contributed by atoms with Gasteiger partial charge in [-0.15, -0.1) is 0 Å². The SMILES string of the molecule is CC(C)(C)[Si](C)(C)OCC1C2([C@@H]3C[C@H]3CO)C[C@H](O[Si](C)(C)C(C)(C)C)C13[C@H](O[Si](C)(C)C(C)(C)C)CCC[C@@]23C. The third-order valence-electron chi connectivity index (χ3n) is 14.6. The van der Waals surface area contributed by atoms with Crippen molar-refractivity contribution in [1.29, 1.82) is 0 Å². The second-order valence-electron chi connectivity index (χ2n) is 19.5. The summed E-state index contributed by atoms with van der Waals surface area (Å²) in [5.41, 5.74) is 0.306. The highest BCUT2D eigenvalue weighted by atomic mass is 28.4. The first-order valence-corrected chi connectivity index (χ1v) is 25.6. The average molecular weight is 625 g/mol. The van der Waals surface area contributed by atoms with Gasteiger partial charge >= 0.3 is 0 Å². The van der Waals surface area contributed by atoms with Crippen LogP contribution in [0.2, 0.25) is 54.4 Å². The summed E-state index contributed by atoms with van der Waals surface area (Å²) in [4.78, 5) is 0. The Morgan fingerprint density at radius 1 is 0.756 bits per heavy atom. The Kier molecular flexibility index (Phi) is 8.38.